The van der Waals surface area contributed by atoms with Crippen LogP contribution in [0.5, 0.6) is 0 Å². The molecule has 1 aliphatic heterocycles. The first-order chi connectivity index (χ1) is 11.5. The van der Waals surface area contributed by atoms with Gasteiger partial charge in [-0.2, -0.15) is 0 Å². The van der Waals surface area contributed by atoms with Gasteiger partial charge in [0.1, 0.15) is 12.4 Å². The molecule has 1 aromatic carbocycles. The summed E-state index contributed by atoms with van der Waals surface area (Å²) >= 11 is 0. The van der Waals surface area contributed by atoms with Gasteiger partial charge < -0.3 is 15.0 Å². The molecule has 1 aliphatic rings. The molecule has 0 aromatic heterocycles. The largest absolute Gasteiger partial charge is 0.444 e. The Balaban J connectivity index is 1.90. The monoisotopic (exact) mass is 336 g/mol. The first-order valence-electron chi connectivity index (χ1n) is 8.96. The second kappa shape index (κ2) is 9.02. The van der Waals surface area contributed by atoms with E-state index >= 15 is 0 Å². The molecule has 1 saturated heterocycles. The lowest BCUT2D eigenvalue weighted by Gasteiger charge is -2.38. The van der Waals surface area contributed by atoms with E-state index < -0.39 is 0 Å². The molecule has 4 nitrogen and oxygen atoms in total. The number of piperazine rings is 1. The van der Waals surface area contributed by atoms with E-state index in [4.69, 9.17) is 4.74 Å². The Hall–Kier alpha value is -1.62. The average Bonchev–Trinajstić information content (AvgIpc) is 2.54. The second-order valence-corrected chi connectivity index (χ2v) is 6.70. The van der Waals surface area contributed by atoms with Gasteiger partial charge in [-0.3, -0.25) is 0 Å². The SMILES string of the molecule is CCCCCc1ccc(COC(=O)N2C(C)CNCC2C)c(F)c1. The molecule has 1 amide bonds. The molecule has 0 radical (unpaired) electrons. The molecule has 0 bridgehead atoms. The van der Waals surface area contributed by atoms with E-state index in [0.717, 1.165) is 44.3 Å². The van der Waals surface area contributed by atoms with Gasteiger partial charge in [0.05, 0.1) is 0 Å². The first-order valence-corrected chi connectivity index (χ1v) is 8.96. The zero-order valence-electron chi connectivity index (χ0n) is 15.0. The summed E-state index contributed by atoms with van der Waals surface area (Å²) in [6.07, 6.45) is 3.90. The minimum absolute atomic E-state index is 0.0245. The minimum Gasteiger partial charge on any atom is -0.444 e. The number of carbonyl (C=O) groups is 1. The van der Waals surface area contributed by atoms with Crippen LogP contribution in [0.15, 0.2) is 18.2 Å². The number of amides is 1. The second-order valence-electron chi connectivity index (χ2n) is 6.70. The maximum absolute atomic E-state index is 14.2. The molecule has 2 rings (SSSR count). The van der Waals surface area contributed by atoms with E-state index in [1.165, 1.54) is 0 Å². The number of benzene rings is 1. The highest BCUT2D eigenvalue weighted by atomic mass is 19.1. The Morgan fingerprint density at radius 1 is 1.29 bits per heavy atom. The number of halogens is 1. The summed E-state index contributed by atoms with van der Waals surface area (Å²) in [7, 11) is 0. The molecule has 2 unspecified atom stereocenters. The summed E-state index contributed by atoms with van der Waals surface area (Å²) in [5, 5.41) is 3.27. The molecule has 1 heterocycles. The van der Waals surface area contributed by atoms with Crippen molar-refractivity contribution >= 4 is 6.09 Å². The van der Waals surface area contributed by atoms with Gasteiger partial charge in [0.15, 0.2) is 0 Å². The van der Waals surface area contributed by atoms with Gasteiger partial charge in [-0.25, -0.2) is 9.18 Å². The van der Waals surface area contributed by atoms with Gasteiger partial charge in [-0.05, 0) is 38.3 Å². The number of hydrogen-bond donors (Lipinski definition) is 1. The Bertz CT molecular complexity index is 540. The number of nitrogens with zero attached hydrogens (tertiary/aromatic N) is 1. The number of nitrogens with one attached hydrogen (secondary N) is 1. The molecule has 5 heteroatoms. The number of ether oxygens (including phenoxy) is 1. The van der Waals surface area contributed by atoms with Crippen molar-refractivity contribution in [1.29, 1.82) is 0 Å². The molecule has 24 heavy (non-hydrogen) atoms. The third kappa shape index (κ3) is 4.94. The van der Waals surface area contributed by atoms with Crippen molar-refractivity contribution in [2.75, 3.05) is 13.1 Å². The van der Waals surface area contributed by atoms with E-state index in [9.17, 15) is 9.18 Å². The van der Waals surface area contributed by atoms with Crippen molar-refractivity contribution in [3.63, 3.8) is 0 Å². The zero-order chi connectivity index (χ0) is 17.5. The fourth-order valence-electron chi connectivity index (χ4n) is 3.15. The maximum atomic E-state index is 14.2. The molecule has 134 valence electrons. The first kappa shape index (κ1) is 18.7. The summed E-state index contributed by atoms with van der Waals surface area (Å²) in [6, 6.07) is 5.38. The zero-order valence-corrected chi connectivity index (χ0v) is 15.0. The highest BCUT2D eigenvalue weighted by molar-refractivity contribution is 5.68. The van der Waals surface area contributed by atoms with Crippen LogP contribution in [0, 0.1) is 5.82 Å². The van der Waals surface area contributed by atoms with Crippen molar-refractivity contribution in [3.8, 4) is 0 Å². The molecule has 0 aliphatic carbocycles. The van der Waals surface area contributed by atoms with Crippen LogP contribution in [0.25, 0.3) is 0 Å². The predicted molar refractivity (Wildman–Crippen MR) is 93.4 cm³/mol. The standard InChI is InChI=1S/C19H29FN2O2/c1-4-5-6-7-16-8-9-17(18(20)10-16)13-24-19(23)22-14(2)11-21-12-15(22)3/h8-10,14-15,21H,4-7,11-13H2,1-3H3. The van der Waals surface area contributed by atoms with Crippen LogP contribution >= 0.6 is 0 Å². The minimum atomic E-state index is -0.372. The van der Waals surface area contributed by atoms with Crippen molar-refractivity contribution in [3.05, 3.63) is 35.1 Å². The van der Waals surface area contributed by atoms with Gasteiger partial charge in [0.2, 0.25) is 0 Å². The maximum Gasteiger partial charge on any atom is 0.410 e. The van der Waals surface area contributed by atoms with Gasteiger partial charge in [-0.15, -0.1) is 0 Å². The lowest BCUT2D eigenvalue weighted by Crippen LogP contribution is -2.57. The van der Waals surface area contributed by atoms with Crippen LogP contribution in [-0.2, 0) is 17.8 Å². The highest BCUT2D eigenvalue weighted by Gasteiger charge is 2.30. The topological polar surface area (TPSA) is 41.6 Å². The fourth-order valence-corrected chi connectivity index (χ4v) is 3.15. The van der Waals surface area contributed by atoms with Crippen molar-refractivity contribution in [2.24, 2.45) is 0 Å². The van der Waals surface area contributed by atoms with Gasteiger partial charge in [0, 0.05) is 30.7 Å². The number of rotatable bonds is 6. The average molecular weight is 336 g/mol. The van der Waals surface area contributed by atoms with Crippen LogP contribution < -0.4 is 5.32 Å². The summed E-state index contributed by atoms with van der Waals surface area (Å²) in [5.74, 6) is -0.293. The lowest BCUT2D eigenvalue weighted by molar-refractivity contribution is 0.0558. The molecule has 0 saturated carbocycles. The molecule has 1 N–H and O–H groups in total. The Morgan fingerprint density at radius 3 is 2.62 bits per heavy atom. The molecule has 2 atom stereocenters. The summed E-state index contributed by atoms with van der Waals surface area (Å²) in [6.45, 7) is 7.59. The lowest BCUT2D eigenvalue weighted by atomic mass is 10.1. The van der Waals surface area contributed by atoms with Gasteiger partial charge in [0.25, 0.3) is 0 Å². The van der Waals surface area contributed by atoms with E-state index in [2.05, 4.69) is 12.2 Å². The summed E-state index contributed by atoms with van der Waals surface area (Å²) in [4.78, 5) is 14.0. The van der Waals surface area contributed by atoms with Crippen LogP contribution in [-0.4, -0.2) is 36.2 Å². The van der Waals surface area contributed by atoms with Crippen molar-refractivity contribution in [2.45, 2.75) is 65.1 Å². The number of aryl methyl sites for hydroxylation is 1. The van der Waals surface area contributed by atoms with Crippen LogP contribution in [0.2, 0.25) is 0 Å². The van der Waals surface area contributed by atoms with Crippen LogP contribution in [0.4, 0.5) is 9.18 Å². The van der Waals surface area contributed by atoms with Crippen molar-refractivity contribution in [1.82, 2.24) is 10.2 Å². The predicted octanol–water partition coefficient (Wildman–Crippen LogP) is 3.88. The summed E-state index contributed by atoms with van der Waals surface area (Å²) < 4.78 is 19.5. The Kier molecular flexibility index (Phi) is 7.03. The Labute approximate surface area is 144 Å². The van der Waals surface area contributed by atoms with E-state index in [-0.39, 0.29) is 30.6 Å². The Morgan fingerprint density at radius 2 is 2.00 bits per heavy atom. The van der Waals surface area contributed by atoms with Crippen LogP contribution in [0.1, 0.15) is 51.2 Å². The third-order valence-corrected chi connectivity index (χ3v) is 4.58. The van der Waals surface area contributed by atoms with Crippen molar-refractivity contribution < 1.29 is 13.9 Å². The molecule has 1 fully saturated rings. The number of carbonyl (C=O) groups excluding carboxylic acids is 1. The third-order valence-electron chi connectivity index (χ3n) is 4.58. The van der Waals surface area contributed by atoms with E-state index in [1.54, 1.807) is 17.0 Å². The van der Waals surface area contributed by atoms with Crippen LogP contribution in [0.3, 0.4) is 0 Å². The van der Waals surface area contributed by atoms with E-state index in [0.29, 0.717) is 5.56 Å². The smallest absolute Gasteiger partial charge is 0.410 e. The van der Waals surface area contributed by atoms with Gasteiger partial charge >= 0.3 is 6.09 Å². The molecule has 1 aromatic rings. The number of unbranched alkanes of at least 4 members (excludes halogenated alkanes) is 2. The number of hydrogen-bond acceptors (Lipinski definition) is 3. The fraction of sp³-hybridized carbons (Fsp3) is 0.632. The van der Waals surface area contributed by atoms with Gasteiger partial charge in [-0.1, -0.05) is 31.9 Å². The normalized spacial score (nSPS) is 20.9. The molecule has 0 spiro atoms. The molecular formula is C19H29FN2O2. The highest BCUT2D eigenvalue weighted by Crippen LogP contribution is 2.16. The quantitative estimate of drug-likeness (QED) is 0.802. The summed E-state index contributed by atoms with van der Waals surface area (Å²) in [5.41, 5.74) is 1.43. The van der Waals surface area contributed by atoms with E-state index in [1.807, 2.05) is 19.9 Å². The molecular weight excluding hydrogens is 307 g/mol.